The van der Waals surface area contributed by atoms with Crippen LogP contribution in [-0.2, 0) is 11.2 Å². The molecule has 2 aromatic carbocycles. The minimum absolute atomic E-state index is 0.0365. The summed E-state index contributed by atoms with van der Waals surface area (Å²) in [5.41, 5.74) is 8.72. The Kier molecular flexibility index (Phi) is 8.29. The number of hydrogen-bond donors (Lipinski definition) is 2. The molecule has 4 rings (SSSR count). The highest BCUT2D eigenvalue weighted by Crippen LogP contribution is 2.31. The van der Waals surface area contributed by atoms with Crippen LogP contribution < -0.4 is 16.0 Å². The Balaban J connectivity index is 1.32. The van der Waals surface area contributed by atoms with Gasteiger partial charge in [0, 0.05) is 60.4 Å². The number of carbonyl (C=O) groups is 1. The van der Waals surface area contributed by atoms with Crippen LogP contribution in [-0.4, -0.2) is 49.6 Å². The van der Waals surface area contributed by atoms with Crippen LogP contribution in [0.3, 0.4) is 0 Å². The molecule has 1 aliphatic carbocycles. The number of primary amides is 1. The first-order chi connectivity index (χ1) is 15.9. The third-order valence-corrected chi connectivity index (χ3v) is 7.84. The van der Waals surface area contributed by atoms with Gasteiger partial charge in [0.25, 0.3) is 0 Å². The molecule has 178 valence electrons. The molecule has 33 heavy (non-hydrogen) atoms. The first-order valence-corrected chi connectivity index (χ1v) is 12.8. The lowest BCUT2D eigenvalue weighted by Crippen LogP contribution is -2.52. The summed E-state index contributed by atoms with van der Waals surface area (Å²) >= 11 is 18.7. The molecule has 0 aromatic heterocycles. The van der Waals surface area contributed by atoms with Crippen molar-refractivity contribution in [3.63, 3.8) is 0 Å². The van der Waals surface area contributed by atoms with Crippen molar-refractivity contribution in [3.05, 3.63) is 57.0 Å². The number of nitrogens with zero attached hydrogens (tertiary/aromatic N) is 2. The van der Waals surface area contributed by atoms with Crippen LogP contribution in [0.15, 0.2) is 36.4 Å². The summed E-state index contributed by atoms with van der Waals surface area (Å²) in [6.07, 6.45) is 4.88. The standard InChI is InChI=1S/C25H31Cl3N4O/c26-19-5-4-17(23(28)15-19)8-9-30-24-16-21(6-7-22(24)27)32-12-10-31(11-13-32)20-3-1-2-18(14-20)25(29)33/h4-7,15-16,18,20,30H,1-3,8-14H2,(H2,29,33). The largest absolute Gasteiger partial charge is 0.383 e. The van der Waals surface area contributed by atoms with E-state index in [9.17, 15) is 4.79 Å². The Morgan fingerprint density at radius 2 is 1.79 bits per heavy atom. The van der Waals surface area contributed by atoms with E-state index in [-0.39, 0.29) is 11.8 Å². The van der Waals surface area contributed by atoms with Crippen LogP contribution in [0.4, 0.5) is 11.4 Å². The molecule has 0 bridgehead atoms. The van der Waals surface area contributed by atoms with E-state index >= 15 is 0 Å². The quantitative estimate of drug-likeness (QED) is 0.520. The van der Waals surface area contributed by atoms with Crippen molar-refractivity contribution in [2.75, 3.05) is 42.9 Å². The van der Waals surface area contributed by atoms with Gasteiger partial charge in [-0.3, -0.25) is 9.69 Å². The van der Waals surface area contributed by atoms with Crippen LogP contribution in [0.5, 0.6) is 0 Å². The van der Waals surface area contributed by atoms with Crippen LogP contribution in [0.1, 0.15) is 31.2 Å². The Morgan fingerprint density at radius 3 is 2.52 bits per heavy atom. The summed E-state index contributed by atoms with van der Waals surface area (Å²) in [7, 11) is 0. The van der Waals surface area contributed by atoms with E-state index in [0.717, 1.165) is 76.1 Å². The van der Waals surface area contributed by atoms with Crippen LogP contribution in [0.25, 0.3) is 0 Å². The number of nitrogens with one attached hydrogen (secondary N) is 1. The van der Waals surface area contributed by atoms with E-state index in [1.54, 1.807) is 6.07 Å². The van der Waals surface area contributed by atoms with Gasteiger partial charge in [-0.05, 0) is 61.6 Å². The van der Waals surface area contributed by atoms with Gasteiger partial charge in [-0.15, -0.1) is 0 Å². The van der Waals surface area contributed by atoms with Gasteiger partial charge in [0.15, 0.2) is 0 Å². The van der Waals surface area contributed by atoms with E-state index in [1.165, 1.54) is 5.69 Å². The summed E-state index contributed by atoms with van der Waals surface area (Å²) in [6, 6.07) is 12.2. The zero-order valence-electron chi connectivity index (χ0n) is 18.7. The first-order valence-electron chi connectivity index (χ1n) is 11.7. The average molecular weight is 510 g/mol. The fourth-order valence-corrected chi connectivity index (χ4v) is 5.69. The van der Waals surface area contributed by atoms with E-state index in [2.05, 4.69) is 27.2 Å². The fraction of sp³-hybridized carbons (Fsp3) is 0.480. The number of benzene rings is 2. The zero-order valence-corrected chi connectivity index (χ0v) is 21.0. The van der Waals surface area contributed by atoms with Crippen molar-refractivity contribution >= 4 is 52.1 Å². The number of amides is 1. The van der Waals surface area contributed by atoms with Crippen LogP contribution in [0.2, 0.25) is 15.1 Å². The van der Waals surface area contributed by atoms with Crippen molar-refractivity contribution in [1.29, 1.82) is 0 Å². The molecule has 2 unspecified atom stereocenters. The normalized spacial score (nSPS) is 21.7. The molecule has 3 N–H and O–H groups in total. The smallest absolute Gasteiger partial charge is 0.220 e. The van der Waals surface area contributed by atoms with Gasteiger partial charge in [-0.1, -0.05) is 47.3 Å². The second-order valence-electron chi connectivity index (χ2n) is 9.02. The Morgan fingerprint density at radius 1 is 1.00 bits per heavy atom. The van der Waals surface area contributed by atoms with Crippen molar-refractivity contribution in [2.45, 2.75) is 38.1 Å². The van der Waals surface area contributed by atoms with Crippen LogP contribution >= 0.6 is 34.8 Å². The monoisotopic (exact) mass is 508 g/mol. The molecule has 1 saturated carbocycles. The third-order valence-electron chi connectivity index (χ3n) is 6.92. The topological polar surface area (TPSA) is 61.6 Å². The molecule has 2 atom stereocenters. The Labute approximate surface area is 211 Å². The molecule has 1 saturated heterocycles. The number of piperazine rings is 1. The van der Waals surface area contributed by atoms with Gasteiger partial charge in [0.05, 0.1) is 10.7 Å². The average Bonchev–Trinajstić information content (AvgIpc) is 2.82. The number of nitrogens with two attached hydrogens (primary N) is 1. The number of hydrogen-bond acceptors (Lipinski definition) is 4. The van der Waals surface area contributed by atoms with Gasteiger partial charge in [0.2, 0.25) is 5.91 Å². The van der Waals surface area contributed by atoms with E-state index in [0.29, 0.717) is 21.1 Å². The van der Waals surface area contributed by atoms with E-state index in [1.807, 2.05) is 18.2 Å². The fourth-order valence-electron chi connectivity index (χ4n) is 5.00. The number of halogens is 3. The molecule has 2 aliphatic rings. The first kappa shape index (κ1) is 24.5. The summed E-state index contributed by atoms with van der Waals surface area (Å²) < 4.78 is 0. The van der Waals surface area contributed by atoms with Crippen molar-refractivity contribution in [1.82, 2.24) is 4.90 Å². The molecule has 1 heterocycles. The molecule has 0 spiro atoms. The number of rotatable bonds is 7. The second-order valence-corrected chi connectivity index (χ2v) is 10.3. The molecule has 0 radical (unpaired) electrons. The minimum atomic E-state index is -0.141. The molecule has 8 heteroatoms. The molecule has 1 amide bonds. The summed E-state index contributed by atoms with van der Waals surface area (Å²) in [4.78, 5) is 16.6. The maximum Gasteiger partial charge on any atom is 0.220 e. The zero-order chi connectivity index (χ0) is 23.4. The lowest BCUT2D eigenvalue weighted by molar-refractivity contribution is -0.123. The van der Waals surface area contributed by atoms with Gasteiger partial charge in [0.1, 0.15) is 0 Å². The van der Waals surface area contributed by atoms with Crippen LogP contribution in [0, 0.1) is 5.92 Å². The van der Waals surface area contributed by atoms with Gasteiger partial charge in [-0.25, -0.2) is 0 Å². The van der Waals surface area contributed by atoms with Gasteiger partial charge >= 0.3 is 0 Å². The van der Waals surface area contributed by atoms with E-state index in [4.69, 9.17) is 40.5 Å². The number of anilines is 2. The lowest BCUT2D eigenvalue weighted by Gasteiger charge is -2.42. The van der Waals surface area contributed by atoms with Crippen molar-refractivity contribution in [3.8, 4) is 0 Å². The predicted molar refractivity (Wildman–Crippen MR) is 139 cm³/mol. The highest BCUT2D eigenvalue weighted by molar-refractivity contribution is 6.35. The summed E-state index contributed by atoms with van der Waals surface area (Å²) in [5, 5.41) is 5.49. The number of carbonyl (C=O) groups excluding carboxylic acids is 1. The predicted octanol–water partition coefficient (Wildman–Crippen LogP) is 5.47. The van der Waals surface area contributed by atoms with Crippen molar-refractivity contribution < 1.29 is 4.79 Å². The SMILES string of the molecule is NC(=O)C1CCCC(N2CCN(c3ccc(Cl)c(NCCc4ccc(Cl)cc4Cl)c3)CC2)C1. The maximum absolute atomic E-state index is 11.6. The summed E-state index contributed by atoms with van der Waals surface area (Å²) in [6.45, 7) is 4.63. The second kappa shape index (κ2) is 11.2. The molecule has 1 aliphatic heterocycles. The minimum Gasteiger partial charge on any atom is -0.383 e. The maximum atomic E-state index is 11.6. The highest BCUT2D eigenvalue weighted by atomic mass is 35.5. The van der Waals surface area contributed by atoms with E-state index < -0.39 is 0 Å². The summed E-state index contributed by atoms with van der Waals surface area (Å²) in [5.74, 6) is -0.104. The molecule has 2 fully saturated rings. The third kappa shape index (κ3) is 6.27. The van der Waals surface area contributed by atoms with Gasteiger partial charge in [-0.2, -0.15) is 0 Å². The Bertz CT molecular complexity index is 978. The molecule has 5 nitrogen and oxygen atoms in total. The Hall–Kier alpha value is -1.66. The molecule has 2 aromatic rings. The highest BCUT2D eigenvalue weighted by Gasteiger charge is 2.31. The molecular weight excluding hydrogens is 479 g/mol. The van der Waals surface area contributed by atoms with Crippen molar-refractivity contribution in [2.24, 2.45) is 11.7 Å². The van der Waals surface area contributed by atoms with Gasteiger partial charge < -0.3 is 16.0 Å². The lowest BCUT2D eigenvalue weighted by atomic mass is 9.84. The molecular formula is C25H31Cl3N4O.